The predicted molar refractivity (Wildman–Crippen MR) is 89.4 cm³/mol. The van der Waals surface area contributed by atoms with Gasteiger partial charge in [-0.05, 0) is 57.4 Å². The van der Waals surface area contributed by atoms with E-state index in [0.29, 0.717) is 18.1 Å². The highest BCUT2D eigenvalue weighted by Crippen LogP contribution is 2.21. The van der Waals surface area contributed by atoms with Crippen molar-refractivity contribution >= 4 is 10.0 Å². The molecule has 3 N–H and O–H groups in total. The van der Waals surface area contributed by atoms with Crippen LogP contribution in [0.2, 0.25) is 0 Å². The Morgan fingerprint density at radius 2 is 1.73 bits per heavy atom. The van der Waals surface area contributed by atoms with Gasteiger partial charge in [0.25, 0.3) is 0 Å². The van der Waals surface area contributed by atoms with Gasteiger partial charge in [0.05, 0.1) is 11.0 Å². The molecule has 0 amide bonds. The van der Waals surface area contributed by atoms with Crippen LogP contribution in [-0.4, -0.2) is 26.6 Å². The average molecular weight is 328 g/mol. The lowest BCUT2D eigenvalue weighted by molar-refractivity contribution is 0.242. The zero-order valence-electron chi connectivity index (χ0n) is 14.1. The molecule has 0 aliphatic heterocycles. The maximum absolute atomic E-state index is 12.5. The highest BCUT2D eigenvalue weighted by Gasteiger charge is 2.30. The van der Waals surface area contributed by atoms with Gasteiger partial charge >= 0.3 is 0 Å². The van der Waals surface area contributed by atoms with Crippen LogP contribution in [0.5, 0.6) is 5.75 Å². The third-order valence-electron chi connectivity index (χ3n) is 3.20. The summed E-state index contributed by atoms with van der Waals surface area (Å²) < 4.78 is 33.3. The third-order valence-corrected chi connectivity index (χ3v) is 4.85. The van der Waals surface area contributed by atoms with Crippen LogP contribution in [0.1, 0.15) is 41.0 Å². The first-order valence-electron chi connectivity index (χ1n) is 7.59. The van der Waals surface area contributed by atoms with Gasteiger partial charge < -0.3 is 10.5 Å². The van der Waals surface area contributed by atoms with Crippen molar-refractivity contribution < 1.29 is 13.2 Å². The molecular formula is C16H28N2O3S. The number of benzene rings is 1. The monoisotopic (exact) mass is 328 g/mol. The largest absolute Gasteiger partial charge is 0.491 e. The molecule has 0 radical (unpaired) electrons. The number of ether oxygens (including phenoxy) is 1. The van der Waals surface area contributed by atoms with Crippen molar-refractivity contribution in [3.63, 3.8) is 0 Å². The lowest BCUT2D eigenvalue weighted by Gasteiger charge is -2.30. The second-order valence-electron chi connectivity index (χ2n) is 6.61. The van der Waals surface area contributed by atoms with Crippen LogP contribution in [0.25, 0.3) is 0 Å². The molecule has 1 rings (SSSR count). The van der Waals surface area contributed by atoms with E-state index in [1.165, 1.54) is 0 Å². The van der Waals surface area contributed by atoms with Crippen LogP contribution >= 0.6 is 0 Å². The second kappa shape index (κ2) is 7.44. The molecule has 0 aliphatic rings. The molecule has 0 bridgehead atoms. The summed E-state index contributed by atoms with van der Waals surface area (Å²) in [6.45, 7) is 10.0. The first-order valence-corrected chi connectivity index (χ1v) is 9.07. The maximum Gasteiger partial charge on any atom is 0.241 e. The normalized spacial score (nSPS) is 15.1. The molecule has 0 heterocycles. The predicted octanol–water partition coefficient (Wildman–Crippen LogP) is 2.52. The summed E-state index contributed by atoms with van der Waals surface area (Å²) in [4.78, 5) is 0.215. The zero-order valence-corrected chi connectivity index (χ0v) is 14.9. The SMILES string of the molecule is CC(C)CC(C)(CN)NS(=O)(=O)c1ccc(OC(C)C)cc1. The van der Waals surface area contributed by atoms with Gasteiger partial charge in [0.2, 0.25) is 10.0 Å². The average Bonchev–Trinajstić information content (AvgIpc) is 2.37. The van der Waals surface area contributed by atoms with E-state index in [9.17, 15) is 8.42 Å². The van der Waals surface area contributed by atoms with Crippen molar-refractivity contribution in [3.8, 4) is 5.75 Å². The minimum absolute atomic E-state index is 0.0483. The van der Waals surface area contributed by atoms with Crippen LogP contribution in [0.15, 0.2) is 29.2 Å². The highest BCUT2D eigenvalue weighted by molar-refractivity contribution is 7.89. The molecule has 0 fully saturated rings. The Bertz CT molecular complexity index is 568. The fourth-order valence-electron chi connectivity index (χ4n) is 2.42. The Balaban J connectivity index is 2.94. The minimum Gasteiger partial charge on any atom is -0.491 e. The van der Waals surface area contributed by atoms with E-state index < -0.39 is 15.6 Å². The van der Waals surface area contributed by atoms with Crippen LogP contribution in [0.3, 0.4) is 0 Å². The van der Waals surface area contributed by atoms with Crippen LogP contribution in [0.4, 0.5) is 0 Å². The van der Waals surface area contributed by atoms with Gasteiger partial charge in [-0.2, -0.15) is 0 Å². The highest BCUT2D eigenvalue weighted by atomic mass is 32.2. The van der Waals surface area contributed by atoms with E-state index in [2.05, 4.69) is 4.72 Å². The third kappa shape index (κ3) is 5.59. The number of hydrogen-bond donors (Lipinski definition) is 2. The standard InChI is InChI=1S/C16H28N2O3S/c1-12(2)10-16(5,11-17)18-22(19,20)15-8-6-14(7-9-15)21-13(3)4/h6-9,12-13,18H,10-11,17H2,1-5H3. The molecule has 0 spiro atoms. The molecule has 1 atom stereocenters. The van der Waals surface area contributed by atoms with Crippen molar-refractivity contribution in [1.29, 1.82) is 0 Å². The molecular weight excluding hydrogens is 300 g/mol. The van der Waals surface area contributed by atoms with Crippen molar-refractivity contribution in [2.45, 2.75) is 57.6 Å². The minimum atomic E-state index is -3.61. The van der Waals surface area contributed by atoms with Crippen molar-refractivity contribution in [2.75, 3.05) is 6.54 Å². The Hall–Kier alpha value is -1.11. The number of nitrogens with two attached hydrogens (primary N) is 1. The van der Waals surface area contributed by atoms with Gasteiger partial charge in [0.15, 0.2) is 0 Å². The Morgan fingerprint density at radius 1 is 1.18 bits per heavy atom. The summed E-state index contributed by atoms with van der Waals surface area (Å²) in [5, 5.41) is 0. The Kier molecular flexibility index (Phi) is 6.40. The fourth-order valence-corrected chi connectivity index (χ4v) is 3.85. The lowest BCUT2D eigenvalue weighted by Crippen LogP contribution is -2.51. The molecule has 1 aromatic carbocycles. The van der Waals surface area contributed by atoms with Crippen LogP contribution < -0.4 is 15.2 Å². The molecule has 1 aromatic rings. The summed E-state index contributed by atoms with van der Waals surface area (Å²) in [5.74, 6) is 0.996. The molecule has 5 nitrogen and oxygen atoms in total. The van der Waals surface area contributed by atoms with Crippen molar-refractivity contribution in [1.82, 2.24) is 4.72 Å². The maximum atomic E-state index is 12.5. The quantitative estimate of drug-likeness (QED) is 0.768. The summed E-state index contributed by atoms with van der Waals surface area (Å²) in [6.07, 6.45) is 0.726. The molecule has 0 saturated carbocycles. The van der Waals surface area contributed by atoms with Crippen LogP contribution in [0, 0.1) is 5.92 Å². The van der Waals surface area contributed by atoms with E-state index in [1.54, 1.807) is 24.3 Å². The number of sulfonamides is 1. The first kappa shape index (κ1) is 18.9. The van der Waals surface area contributed by atoms with Gasteiger partial charge in [0.1, 0.15) is 5.75 Å². The molecule has 0 saturated heterocycles. The molecule has 6 heteroatoms. The zero-order chi connectivity index (χ0) is 17.0. The molecule has 22 heavy (non-hydrogen) atoms. The molecule has 126 valence electrons. The van der Waals surface area contributed by atoms with Crippen molar-refractivity contribution in [3.05, 3.63) is 24.3 Å². The van der Waals surface area contributed by atoms with E-state index in [4.69, 9.17) is 10.5 Å². The Morgan fingerprint density at radius 3 is 2.14 bits per heavy atom. The molecule has 1 unspecified atom stereocenters. The summed E-state index contributed by atoms with van der Waals surface area (Å²) in [6, 6.07) is 6.42. The smallest absolute Gasteiger partial charge is 0.241 e. The number of nitrogens with one attached hydrogen (secondary N) is 1. The number of rotatable bonds is 8. The van der Waals surface area contributed by atoms with Crippen molar-refractivity contribution in [2.24, 2.45) is 11.7 Å². The number of hydrogen-bond acceptors (Lipinski definition) is 4. The Labute approximate surface area is 134 Å². The lowest BCUT2D eigenvalue weighted by atomic mass is 9.92. The summed E-state index contributed by atoms with van der Waals surface area (Å²) in [5.41, 5.74) is 5.12. The van der Waals surface area contributed by atoms with Gasteiger partial charge in [-0.1, -0.05) is 13.8 Å². The van der Waals surface area contributed by atoms with E-state index >= 15 is 0 Å². The second-order valence-corrected chi connectivity index (χ2v) is 8.29. The topological polar surface area (TPSA) is 81.4 Å². The van der Waals surface area contributed by atoms with Gasteiger partial charge in [0, 0.05) is 12.1 Å². The molecule has 0 aromatic heterocycles. The molecule has 0 aliphatic carbocycles. The van der Waals surface area contributed by atoms with Gasteiger partial charge in [-0.15, -0.1) is 0 Å². The van der Waals surface area contributed by atoms with E-state index in [0.717, 1.165) is 0 Å². The summed E-state index contributed by atoms with van der Waals surface area (Å²) in [7, 11) is -3.61. The van der Waals surface area contributed by atoms with Gasteiger partial charge in [-0.25, -0.2) is 13.1 Å². The van der Waals surface area contributed by atoms with E-state index in [-0.39, 0.29) is 17.5 Å². The van der Waals surface area contributed by atoms with E-state index in [1.807, 2.05) is 34.6 Å². The fraction of sp³-hybridized carbons (Fsp3) is 0.625. The summed E-state index contributed by atoms with van der Waals surface area (Å²) >= 11 is 0. The van der Waals surface area contributed by atoms with Gasteiger partial charge in [-0.3, -0.25) is 0 Å². The van der Waals surface area contributed by atoms with Crippen LogP contribution in [-0.2, 0) is 10.0 Å². The first-order chi connectivity index (χ1) is 10.1.